The molecule has 0 saturated carbocycles. The zero-order valence-electron chi connectivity index (χ0n) is 9.01. The smallest absolute Gasteiger partial charge is 0.308 e. The highest BCUT2D eigenvalue weighted by molar-refractivity contribution is 5.71. The van der Waals surface area contributed by atoms with Gasteiger partial charge in [0.05, 0.1) is 6.42 Å². The number of H-pyrrole nitrogens is 1. The summed E-state index contributed by atoms with van der Waals surface area (Å²) in [6.45, 7) is 0. The van der Waals surface area contributed by atoms with Gasteiger partial charge < -0.3 is 10.1 Å². The van der Waals surface area contributed by atoms with Gasteiger partial charge in [-0.25, -0.2) is 0 Å². The summed E-state index contributed by atoms with van der Waals surface area (Å²) in [5.74, 6) is -1.01. The number of pyridine rings is 1. The van der Waals surface area contributed by atoms with E-state index in [0.29, 0.717) is 5.56 Å². The predicted molar refractivity (Wildman–Crippen MR) is 63.8 cm³/mol. The summed E-state index contributed by atoms with van der Waals surface area (Å²) in [6, 6.07) is 9.15. The molecule has 0 unspecified atom stereocenters. The molecule has 0 aliphatic carbocycles. The Hall–Kier alpha value is -2.36. The van der Waals surface area contributed by atoms with Crippen LogP contribution in [-0.2, 0) is 11.2 Å². The molecule has 0 radical (unpaired) electrons. The third kappa shape index (κ3) is 2.42. The Morgan fingerprint density at radius 2 is 1.88 bits per heavy atom. The van der Waals surface area contributed by atoms with Gasteiger partial charge in [0.1, 0.15) is 0 Å². The van der Waals surface area contributed by atoms with Gasteiger partial charge in [-0.3, -0.25) is 9.59 Å². The second kappa shape index (κ2) is 4.65. The molecular weight excluding hydrogens is 218 g/mol. The van der Waals surface area contributed by atoms with Gasteiger partial charge in [0.2, 0.25) is 0 Å². The fourth-order valence-corrected chi connectivity index (χ4v) is 1.66. The van der Waals surface area contributed by atoms with E-state index in [4.69, 9.17) is 5.11 Å². The first kappa shape index (κ1) is 11.1. The molecule has 17 heavy (non-hydrogen) atoms. The molecule has 1 heterocycles. The average molecular weight is 229 g/mol. The summed E-state index contributed by atoms with van der Waals surface area (Å²) < 4.78 is 0. The standard InChI is InChI=1S/C13H11NO3/c15-12(16)6-10-7-14-8-11(13(10)17)9-4-2-1-3-5-9/h1-5,7-8H,6H2,(H,14,17)(H,15,16). The van der Waals surface area contributed by atoms with E-state index in [0.717, 1.165) is 5.56 Å². The van der Waals surface area contributed by atoms with Gasteiger partial charge >= 0.3 is 5.97 Å². The summed E-state index contributed by atoms with van der Waals surface area (Å²) in [7, 11) is 0. The Morgan fingerprint density at radius 3 is 2.53 bits per heavy atom. The average Bonchev–Trinajstić information content (AvgIpc) is 2.32. The summed E-state index contributed by atoms with van der Waals surface area (Å²) in [4.78, 5) is 25.4. The van der Waals surface area contributed by atoms with Crippen molar-refractivity contribution in [2.45, 2.75) is 6.42 Å². The molecule has 2 rings (SSSR count). The fourth-order valence-electron chi connectivity index (χ4n) is 1.66. The molecule has 0 aliphatic rings. The zero-order chi connectivity index (χ0) is 12.3. The molecule has 1 aromatic carbocycles. The quantitative estimate of drug-likeness (QED) is 0.841. The maximum atomic E-state index is 12.0. The van der Waals surface area contributed by atoms with Crippen LogP contribution in [-0.4, -0.2) is 16.1 Å². The van der Waals surface area contributed by atoms with E-state index in [1.165, 1.54) is 6.20 Å². The van der Waals surface area contributed by atoms with Crippen LogP contribution in [0.1, 0.15) is 5.56 Å². The Kier molecular flexibility index (Phi) is 3.05. The first-order valence-electron chi connectivity index (χ1n) is 5.15. The summed E-state index contributed by atoms with van der Waals surface area (Å²) >= 11 is 0. The van der Waals surface area contributed by atoms with Crippen molar-refractivity contribution in [3.05, 3.63) is 58.5 Å². The molecule has 0 amide bonds. The monoisotopic (exact) mass is 229 g/mol. The van der Waals surface area contributed by atoms with Gasteiger partial charge in [-0.15, -0.1) is 0 Å². The van der Waals surface area contributed by atoms with Gasteiger partial charge in [-0.1, -0.05) is 30.3 Å². The van der Waals surface area contributed by atoms with Gasteiger partial charge in [0.25, 0.3) is 0 Å². The van der Waals surface area contributed by atoms with E-state index in [1.54, 1.807) is 6.20 Å². The number of carbonyl (C=O) groups is 1. The molecule has 86 valence electrons. The van der Waals surface area contributed by atoms with Crippen LogP contribution in [0.5, 0.6) is 0 Å². The van der Waals surface area contributed by atoms with E-state index < -0.39 is 5.97 Å². The molecule has 0 atom stereocenters. The molecule has 4 nitrogen and oxygen atoms in total. The van der Waals surface area contributed by atoms with Gasteiger partial charge in [0, 0.05) is 23.5 Å². The van der Waals surface area contributed by atoms with Crippen LogP contribution in [0.3, 0.4) is 0 Å². The second-order valence-corrected chi connectivity index (χ2v) is 3.66. The lowest BCUT2D eigenvalue weighted by molar-refractivity contribution is -0.136. The van der Waals surface area contributed by atoms with Gasteiger partial charge in [-0.2, -0.15) is 0 Å². The van der Waals surface area contributed by atoms with Gasteiger partial charge in [-0.05, 0) is 5.56 Å². The van der Waals surface area contributed by atoms with Crippen LogP contribution in [0.15, 0.2) is 47.5 Å². The van der Waals surface area contributed by atoms with Gasteiger partial charge in [0.15, 0.2) is 5.43 Å². The highest BCUT2D eigenvalue weighted by Gasteiger charge is 2.09. The van der Waals surface area contributed by atoms with E-state index >= 15 is 0 Å². The number of aromatic nitrogens is 1. The highest BCUT2D eigenvalue weighted by atomic mass is 16.4. The van der Waals surface area contributed by atoms with Crippen LogP contribution < -0.4 is 5.43 Å². The molecule has 4 heteroatoms. The van der Waals surface area contributed by atoms with Crippen LogP contribution in [0.2, 0.25) is 0 Å². The van der Waals surface area contributed by atoms with E-state index in [-0.39, 0.29) is 17.4 Å². The number of benzene rings is 1. The number of aliphatic carboxylic acids is 1. The van der Waals surface area contributed by atoms with Crippen molar-refractivity contribution in [2.24, 2.45) is 0 Å². The lowest BCUT2D eigenvalue weighted by Gasteiger charge is -2.02. The third-order valence-corrected chi connectivity index (χ3v) is 2.45. The van der Waals surface area contributed by atoms with Crippen molar-refractivity contribution >= 4 is 5.97 Å². The summed E-state index contributed by atoms with van der Waals surface area (Å²) in [5.41, 5.74) is 1.29. The molecule has 2 aromatic rings. The molecule has 1 aromatic heterocycles. The Labute approximate surface area is 97.6 Å². The minimum Gasteiger partial charge on any atom is -0.481 e. The first-order valence-corrected chi connectivity index (χ1v) is 5.15. The van der Waals surface area contributed by atoms with Crippen LogP contribution in [0, 0.1) is 0 Å². The maximum Gasteiger partial charge on any atom is 0.308 e. The topological polar surface area (TPSA) is 70.2 Å². The van der Waals surface area contributed by atoms with Crippen LogP contribution in [0.4, 0.5) is 0 Å². The first-order chi connectivity index (χ1) is 8.18. The fraction of sp³-hybridized carbons (Fsp3) is 0.0769. The number of hydrogen-bond acceptors (Lipinski definition) is 2. The largest absolute Gasteiger partial charge is 0.481 e. The molecule has 0 saturated heterocycles. The summed E-state index contributed by atoms with van der Waals surface area (Å²) in [5, 5.41) is 8.70. The van der Waals surface area contributed by atoms with Crippen molar-refractivity contribution < 1.29 is 9.90 Å². The molecule has 0 bridgehead atoms. The molecule has 0 aliphatic heterocycles. The summed E-state index contributed by atoms with van der Waals surface area (Å²) in [6.07, 6.45) is 2.75. The normalized spacial score (nSPS) is 10.1. The second-order valence-electron chi connectivity index (χ2n) is 3.66. The van der Waals surface area contributed by atoms with Crippen molar-refractivity contribution in [2.75, 3.05) is 0 Å². The van der Waals surface area contributed by atoms with Crippen molar-refractivity contribution in [3.8, 4) is 11.1 Å². The van der Waals surface area contributed by atoms with Crippen LogP contribution >= 0.6 is 0 Å². The Balaban J connectivity index is 2.50. The number of hydrogen-bond donors (Lipinski definition) is 2. The minimum absolute atomic E-state index is 0.239. The van der Waals surface area contributed by atoms with Crippen molar-refractivity contribution in [1.29, 1.82) is 0 Å². The van der Waals surface area contributed by atoms with Crippen molar-refractivity contribution in [3.63, 3.8) is 0 Å². The Bertz CT molecular complexity index is 587. The molecular formula is C13H11NO3. The molecule has 0 spiro atoms. The SMILES string of the molecule is O=C(O)Cc1c[nH]cc(-c2ccccc2)c1=O. The number of rotatable bonds is 3. The molecule has 2 N–H and O–H groups in total. The highest BCUT2D eigenvalue weighted by Crippen LogP contribution is 2.13. The third-order valence-electron chi connectivity index (χ3n) is 2.45. The van der Waals surface area contributed by atoms with Crippen LogP contribution in [0.25, 0.3) is 11.1 Å². The Morgan fingerprint density at radius 1 is 1.18 bits per heavy atom. The maximum absolute atomic E-state index is 12.0. The lowest BCUT2D eigenvalue weighted by atomic mass is 10.0. The number of nitrogens with one attached hydrogen (secondary N) is 1. The molecule has 0 fully saturated rings. The van der Waals surface area contributed by atoms with E-state index in [9.17, 15) is 9.59 Å². The van der Waals surface area contributed by atoms with Crippen molar-refractivity contribution in [1.82, 2.24) is 4.98 Å². The predicted octanol–water partition coefficient (Wildman–Crippen LogP) is 1.67. The lowest BCUT2D eigenvalue weighted by Crippen LogP contribution is -2.15. The van der Waals surface area contributed by atoms with E-state index in [2.05, 4.69) is 4.98 Å². The minimum atomic E-state index is -1.01. The number of aromatic amines is 1. The van der Waals surface area contributed by atoms with E-state index in [1.807, 2.05) is 30.3 Å². The zero-order valence-corrected chi connectivity index (χ0v) is 9.01. The number of carboxylic acid groups (broad SMARTS) is 1. The number of carboxylic acids is 1.